The maximum Gasteiger partial charge on any atom is 0.227 e. The Balaban J connectivity index is 1.53. The van der Waals surface area contributed by atoms with E-state index >= 15 is 0 Å². The van der Waals surface area contributed by atoms with Gasteiger partial charge in [0.05, 0.1) is 23.8 Å². The Labute approximate surface area is 160 Å². The standard InChI is InChI=1S/C23H25N3O/c1-2-19(17-10-5-3-6-11-17)23(27)24-16-21-20-14-9-15-22(20)26(25-21)18-12-7-4-8-13-18/h3-8,10-13,19H,2,9,14-16H2,1H3,(H,24,27). The summed E-state index contributed by atoms with van der Waals surface area (Å²) in [7, 11) is 0. The van der Waals surface area contributed by atoms with Crippen LogP contribution in [0.1, 0.15) is 48.2 Å². The largest absolute Gasteiger partial charge is 0.350 e. The first-order valence-electron chi connectivity index (χ1n) is 9.75. The molecule has 4 nitrogen and oxygen atoms in total. The third-order valence-corrected chi connectivity index (χ3v) is 5.37. The van der Waals surface area contributed by atoms with Crippen molar-refractivity contribution in [3.05, 3.63) is 83.2 Å². The normalized spacial score (nSPS) is 14.0. The first-order valence-corrected chi connectivity index (χ1v) is 9.75. The summed E-state index contributed by atoms with van der Waals surface area (Å²) in [5.74, 6) is -0.0415. The molecule has 1 heterocycles. The van der Waals surface area contributed by atoms with Gasteiger partial charge in [0, 0.05) is 5.69 Å². The van der Waals surface area contributed by atoms with Gasteiger partial charge in [-0.15, -0.1) is 0 Å². The van der Waals surface area contributed by atoms with Crippen molar-refractivity contribution in [2.75, 3.05) is 0 Å². The molecule has 0 saturated heterocycles. The number of carbonyl (C=O) groups excluding carboxylic acids is 1. The molecule has 0 aliphatic heterocycles. The summed E-state index contributed by atoms with van der Waals surface area (Å²) < 4.78 is 2.05. The maximum absolute atomic E-state index is 12.8. The van der Waals surface area contributed by atoms with E-state index in [1.165, 1.54) is 11.3 Å². The molecule has 1 aromatic heterocycles. The molecular weight excluding hydrogens is 334 g/mol. The molecule has 0 saturated carbocycles. The minimum absolute atomic E-state index is 0.0738. The highest BCUT2D eigenvalue weighted by Gasteiger charge is 2.24. The van der Waals surface area contributed by atoms with Crippen LogP contribution in [0.15, 0.2) is 60.7 Å². The Bertz CT molecular complexity index is 916. The summed E-state index contributed by atoms with van der Waals surface area (Å²) in [5.41, 5.74) is 5.76. The van der Waals surface area contributed by atoms with E-state index in [1.807, 2.05) is 48.5 Å². The van der Waals surface area contributed by atoms with Crippen LogP contribution in [-0.2, 0) is 24.2 Å². The number of fused-ring (bicyclic) bond motifs is 1. The Hall–Kier alpha value is -2.88. The molecule has 2 aromatic carbocycles. The van der Waals surface area contributed by atoms with Crippen LogP contribution in [0.4, 0.5) is 0 Å². The van der Waals surface area contributed by atoms with Gasteiger partial charge in [-0.2, -0.15) is 5.10 Å². The number of hydrogen-bond donors (Lipinski definition) is 1. The fourth-order valence-electron chi connectivity index (χ4n) is 3.99. The average molecular weight is 359 g/mol. The summed E-state index contributed by atoms with van der Waals surface area (Å²) in [4.78, 5) is 12.8. The van der Waals surface area contributed by atoms with Gasteiger partial charge in [-0.05, 0) is 48.9 Å². The topological polar surface area (TPSA) is 46.9 Å². The van der Waals surface area contributed by atoms with Crippen LogP contribution in [-0.4, -0.2) is 15.7 Å². The van der Waals surface area contributed by atoms with Crippen LogP contribution in [0.5, 0.6) is 0 Å². The Kier molecular flexibility index (Phi) is 5.05. The molecule has 4 heteroatoms. The molecule has 4 rings (SSSR count). The molecule has 1 atom stereocenters. The highest BCUT2D eigenvalue weighted by Crippen LogP contribution is 2.28. The smallest absolute Gasteiger partial charge is 0.227 e. The predicted octanol–water partition coefficient (Wildman–Crippen LogP) is 4.17. The van der Waals surface area contributed by atoms with Gasteiger partial charge in [0.15, 0.2) is 0 Å². The molecule has 0 radical (unpaired) electrons. The number of nitrogens with one attached hydrogen (secondary N) is 1. The van der Waals surface area contributed by atoms with Crippen molar-refractivity contribution in [2.24, 2.45) is 0 Å². The molecule has 27 heavy (non-hydrogen) atoms. The third-order valence-electron chi connectivity index (χ3n) is 5.37. The van der Waals surface area contributed by atoms with E-state index in [2.05, 4.69) is 29.1 Å². The number of benzene rings is 2. The van der Waals surface area contributed by atoms with Crippen LogP contribution in [0, 0.1) is 0 Å². The molecule has 0 fully saturated rings. The van der Waals surface area contributed by atoms with E-state index in [0.29, 0.717) is 6.54 Å². The van der Waals surface area contributed by atoms with E-state index in [0.717, 1.165) is 42.6 Å². The Morgan fingerprint density at radius 3 is 2.48 bits per heavy atom. The van der Waals surface area contributed by atoms with Crippen molar-refractivity contribution in [1.82, 2.24) is 15.1 Å². The monoisotopic (exact) mass is 359 g/mol. The van der Waals surface area contributed by atoms with E-state index in [9.17, 15) is 4.79 Å². The van der Waals surface area contributed by atoms with Crippen LogP contribution >= 0.6 is 0 Å². The second kappa shape index (κ2) is 7.78. The zero-order valence-corrected chi connectivity index (χ0v) is 15.7. The van der Waals surface area contributed by atoms with Gasteiger partial charge >= 0.3 is 0 Å². The van der Waals surface area contributed by atoms with E-state index in [1.54, 1.807) is 0 Å². The molecule has 3 aromatic rings. The summed E-state index contributed by atoms with van der Waals surface area (Å²) in [6.07, 6.45) is 4.03. The quantitative estimate of drug-likeness (QED) is 0.718. The zero-order chi connectivity index (χ0) is 18.6. The lowest BCUT2D eigenvalue weighted by Crippen LogP contribution is -2.29. The van der Waals surface area contributed by atoms with Gasteiger partial charge in [-0.3, -0.25) is 4.79 Å². The van der Waals surface area contributed by atoms with E-state index < -0.39 is 0 Å². The minimum Gasteiger partial charge on any atom is -0.350 e. The average Bonchev–Trinajstić information content (AvgIpc) is 3.31. The molecule has 1 aliphatic carbocycles. The van der Waals surface area contributed by atoms with Gasteiger partial charge < -0.3 is 5.32 Å². The van der Waals surface area contributed by atoms with Crippen molar-refractivity contribution in [2.45, 2.75) is 45.1 Å². The lowest BCUT2D eigenvalue weighted by molar-refractivity contribution is -0.122. The highest BCUT2D eigenvalue weighted by atomic mass is 16.1. The second-order valence-electron chi connectivity index (χ2n) is 7.06. The summed E-state index contributed by atoms with van der Waals surface area (Å²) in [6, 6.07) is 20.2. The van der Waals surface area contributed by atoms with Crippen molar-refractivity contribution in [1.29, 1.82) is 0 Å². The molecular formula is C23H25N3O. The molecule has 138 valence electrons. The number of hydrogen-bond acceptors (Lipinski definition) is 2. The zero-order valence-electron chi connectivity index (χ0n) is 15.7. The van der Waals surface area contributed by atoms with Crippen LogP contribution in [0.2, 0.25) is 0 Å². The van der Waals surface area contributed by atoms with Crippen LogP contribution in [0.25, 0.3) is 5.69 Å². The highest BCUT2D eigenvalue weighted by molar-refractivity contribution is 5.83. The molecule has 0 spiro atoms. The lowest BCUT2D eigenvalue weighted by atomic mass is 9.95. The summed E-state index contributed by atoms with van der Waals surface area (Å²) in [5, 5.41) is 7.96. The predicted molar refractivity (Wildman–Crippen MR) is 107 cm³/mol. The first-order chi connectivity index (χ1) is 13.3. The van der Waals surface area contributed by atoms with Crippen molar-refractivity contribution in [3.63, 3.8) is 0 Å². The minimum atomic E-state index is -0.115. The fraction of sp³-hybridized carbons (Fsp3) is 0.304. The number of aromatic nitrogens is 2. The molecule has 1 aliphatic rings. The van der Waals surface area contributed by atoms with Gasteiger partial charge in [0.2, 0.25) is 5.91 Å². The molecule has 1 amide bonds. The first kappa shape index (κ1) is 17.5. The van der Waals surface area contributed by atoms with E-state index in [-0.39, 0.29) is 11.8 Å². The number of carbonyl (C=O) groups is 1. The number of amides is 1. The van der Waals surface area contributed by atoms with Crippen LogP contribution in [0.3, 0.4) is 0 Å². The van der Waals surface area contributed by atoms with Gasteiger partial charge in [0.25, 0.3) is 0 Å². The van der Waals surface area contributed by atoms with Gasteiger partial charge in [-0.25, -0.2) is 4.68 Å². The second-order valence-corrected chi connectivity index (χ2v) is 7.06. The number of rotatable bonds is 6. The third kappa shape index (κ3) is 3.52. The molecule has 1 N–H and O–H groups in total. The summed E-state index contributed by atoms with van der Waals surface area (Å²) >= 11 is 0. The maximum atomic E-state index is 12.8. The van der Waals surface area contributed by atoms with Crippen molar-refractivity contribution in [3.8, 4) is 5.69 Å². The Morgan fingerprint density at radius 2 is 1.78 bits per heavy atom. The van der Waals surface area contributed by atoms with Crippen LogP contribution < -0.4 is 5.32 Å². The van der Waals surface area contributed by atoms with Gasteiger partial charge in [0.1, 0.15) is 0 Å². The van der Waals surface area contributed by atoms with Crippen molar-refractivity contribution < 1.29 is 4.79 Å². The van der Waals surface area contributed by atoms with Crippen molar-refractivity contribution >= 4 is 5.91 Å². The van der Waals surface area contributed by atoms with Gasteiger partial charge in [-0.1, -0.05) is 55.5 Å². The Morgan fingerprint density at radius 1 is 1.07 bits per heavy atom. The summed E-state index contributed by atoms with van der Waals surface area (Å²) in [6.45, 7) is 2.55. The molecule has 1 unspecified atom stereocenters. The van der Waals surface area contributed by atoms with E-state index in [4.69, 9.17) is 5.10 Å². The number of para-hydroxylation sites is 1. The molecule has 0 bridgehead atoms. The number of nitrogens with zero attached hydrogens (tertiary/aromatic N) is 2. The fourth-order valence-corrected chi connectivity index (χ4v) is 3.99. The lowest BCUT2D eigenvalue weighted by Gasteiger charge is -2.15. The SMILES string of the molecule is CCC(C(=O)NCc1nn(-c2ccccc2)c2c1CCC2)c1ccccc1.